The monoisotopic (exact) mass is 318 g/mol. The molecule has 2 rings (SSSR count). The lowest BCUT2D eigenvalue weighted by Crippen LogP contribution is -2.46. The van der Waals surface area contributed by atoms with Crippen LogP contribution in [0, 0.1) is 12.8 Å². The van der Waals surface area contributed by atoms with E-state index in [1.807, 2.05) is 6.92 Å². The van der Waals surface area contributed by atoms with E-state index >= 15 is 0 Å². The maximum Gasteiger partial charge on any atom is 0.317 e. The van der Waals surface area contributed by atoms with Crippen LogP contribution in [0.1, 0.15) is 30.9 Å². The Balaban J connectivity index is 1.68. The Morgan fingerprint density at radius 2 is 1.87 bits per heavy atom. The molecule has 0 aromatic heterocycles. The summed E-state index contributed by atoms with van der Waals surface area (Å²) in [6.45, 7) is 6.14. The average molecular weight is 318 g/mol. The minimum atomic E-state index is -0.132. The number of likely N-dealkylation sites (tertiary alicyclic amines) is 1. The molecule has 0 radical (unpaired) electrons. The van der Waals surface area contributed by atoms with Crippen LogP contribution in [-0.2, 0) is 16.0 Å². The number of benzene rings is 1. The number of esters is 1. The third-order valence-electron chi connectivity index (χ3n) is 4.21. The summed E-state index contributed by atoms with van der Waals surface area (Å²) >= 11 is 0. The molecule has 1 heterocycles. The van der Waals surface area contributed by atoms with Gasteiger partial charge in [-0.2, -0.15) is 0 Å². The van der Waals surface area contributed by atoms with Crippen LogP contribution in [0.4, 0.5) is 4.79 Å². The molecule has 1 aromatic rings. The number of hydrogen-bond donors (Lipinski definition) is 1. The Bertz CT molecular complexity index is 520. The van der Waals surface area contributed by atoms with Crippen LogP contribution < -0.4 is 5.32 Å². The molecule has 1 N–H and O–H groups in total. The summed E-state index contributed by atoms with van der Waals surface area (Å²) in [5.41, 5.74) is 2.46. The fourth-order valence-corrected chi connectivity index (χ4v) is 2.76. The molecule has 0 aliphatic carbocycles. The molecule has 1 fully saturated rings. The van der Waals surface area contributed by atoms with Gasteiger partial charge in [0, 0.05) is 19.6 Å². The molecule has 5 heteroatoms. The molecule has 5 nitrogen and oxygen atoms in total. The Labute approximate surface area is 138 Å². The fraction of sp³-hybridized carbons (Fsp3) is 0.556. The van der Waals surface area contributed by atoms with Crippen molar-refractivity contribution in [2.45, 2.75) is 33.1 Å². The lowest BCUT2D eigenvalue weighted by Gasteiger charge is -2.30. The van der Waals surface area contributed by atoms with Crippen molar-refractivity contribution >= 4 is 12.0 Å². The zero-order valence-corrected chi connectivity index (χ0v) is 14.0. The topological polar surface area (TPSA) is 58.6 Å². The lowest BCUT2D eigenvalue weighted by molar-refractivity contribution is -0.149. The summed E-state index contributed by atoms with van der Waals surface area (Å²) in [4.78, 5) is 25.6. The second-order valence-electron chi connectivity index (χ2n) is 5.98. The Hall–Kier alpha value is -2.04. The van der Waals surface area contributed by atoms with E-state index in [1.165, 1.54) is 11.1 Å². The molecule has 2 amide bonds. The maximum absolute atomic E-state index is 12.1. The molecule has 1 saturated heterocycles. The summed E-state index contributed by atoms with van der Waals surface area (Å²) in [6.07, 6.45) is 2.19. The highest BCUT2D eigenvalue weighted by molar-refractivity contribution is 5.76. The van der Waals surface area contributed by atoms with Crippen LogP contribution >= 0.6 is 0 Å². The van der Waals surface area contributed by atoms with Gasteiger partial charge in [0.05, 0.1) is 12.5 Å². The van der Waals surface area contributed by atoms with Gasteiger partial charge in [-0.3, -0.25) is 4.79 Å². The minimum Gasteiger partial charge on any atom is -0.466 e. The van der Waals surface area contributed by atoms with E-state index in [-0.39, 0.29) is 17.9 Å². The molecule has 0 unspecified atom stereocenters. The van der Waals surface area contributed by atoms with Gasteiger partial charge < -0.3 is 15.0 Å². The van der Waals surface area contributed by atoms with Crippen molar-refractivity contribution in [2.75, 3.05) is 26.2 Å². The average Bonchev–Trinajstić information content (AvgIpc) is 2.57. The molecule has 1 aromatic carbocycles. The maximum atomic E-state index is 12.1. The molecule has 0 saturated carbocycles. The molecule has 1 aliphatic heterocycles. The molecular formula is C18H26N2O3. The van der Waals surface area contributed by atoms with Crippen LogP contribution in [0.15, 0.2) is 24.3 Å². The first-order valence-corrected chi connectivity index (χ1v) is 8.35. The van der Waals surface area contributed by atoms with Crippen molar-refractivity contribution in [3.63, 3.8) is 0 Å². The molecule has 23 heavy (non-hydrogen) atoms. The van der Waals surface area contributed by atoms with E-state index in [0.717, 1.165) is 6.42 Å². The standard InChI is InChI=1S/C18H26N2O3/c1-3-23-17(21)16-9-12-20(13-10-16)18(22)19-11-8-15-6-4-14(2)5-7-15/h4-7,16H,3,8-13H2,1-2H3,(H,19,22). The number of carbonyl (C=O) groups is 2. The minimum absolute atomic E-state index is 0.0422. The number of amides is 2. The number of hydrogen-bond acceptors (Lipinski definition) is 3. The third kappa shape index (κ3) is 5.27. The first-order valence-electron chi connectivity index (χ1n) is 8.35. The molecule has 1 aliphatic rings. The van der Waals surface area contributed by atoms with Gasteiger partial charge in [0.2, 0.25) is 0 Å². The smallest absolute Gasteiger partial charge is 0.317 e. The van der Waals surface area contributed by atoms with Crippen LogP contribution in [0.25, 0.3) is 0 Å². The van der Waals surface area contributed by atoms with Gasteiger partial charge in [0.1, 0.15) is 0 Å². The van der Waals surface area contributed by atoms with Crippen LogP contribution in [0.5, 0.6) is 0 Å². The molecule has 0 atom stereocenters. The number of rotatable bonds is 5. The zero-order valence-electron chi connectivity index (χ0n) is 14.0. The van der Waals surface area contributed by atoms with E-state index in [2.05, 4.69) is 36.5 Å². The van der Waals surface area contributed by atoms with Crippen LogP contribution in [0.2, 0.25) is 0 Å². The van der Waals surface area contributed by atoms with Gasteiger partial charge in [-0.05, 0) is 38.7 Å². The Kier molecular flexibility index (Phi) is 6.44. The van der Waals surface area contributed by atoms with Crippen LogP contribution in [-0.4, -0.2) is 43.1 Å². The van der Waals surface area contributed by atoms with Crippen molar-refractivity contribution in [3.8, 4) is 0 Å². The summed E-state index contributed by atoms with van der Waals surface area (Å²) in [7, 11) is 0. The van der Waals surface area contributed by atoms with Crippen molar-refractivity contribution < 1.29 is 14.3 Å². The molecule has 0 spiro atoms. The SMILES string of the molecule is CCOC(=O)C1CCN(C(=O)NCCc2ccc(C)cc2)CC1. The normalized spacial score (nSPS) is 15.3. The van der Waals surface area contributed by atoms with E-state index < -0.39 is 0 Å². The zero-order chi connectivity index (χ0) is 16.7. The number of ether oxygens (including phenoxy) is 1. The fourth-order valence-electron chi connectivity index (χ4n) is 2.76. The second kappa shape index (κ2) is 8.56. The van der Waals surface area contributed by atoms with Gasteiger partial charge in [0.25, 0.3) is 0 Å². The highest BCUT2D eigenvalue weighted by Crippen LogP contribution is 2.18. The third-order valence-corrected chi connectivity index (χ3v) is 4.21. The predicted molar refractivity (Wildman–Crippen MR) is 89.2 cm³/mol. The van der Waals surface area contributed by atoms with Gasteiger partial charge in [0.15, 0.2) is 0 Å². The highest BCUT2D eigenvalue weighted by Gasteiger charge is 2.27. The summed E-state index contributed by atoms with van der Waals surface area (Å²) in [6, 6.07) is 8.30. The largest absolute Gasteiger partial charge is 0.466 e. The highest BCUT2D eigenvalue weighted by atomic mass is 16.5. The Morgan fingerprint density at radius 3 is 2.48 bits per heavy atom. The van der Waals surface area contributed by atoms with Gasteiger partial charge in [-0.25, -0.2) is 4.79 Å². The van der Waals surface area contributed by atoms with Gasteiger partial charge in [-0.1, -0.05) is 29.8 Å². The van der Waals surface area contributed by atoms with Crippen LogP contribution in [0.3, 0.4) is 0 Å². The van der Waals surface area contributed by atoms with Crippen molar-refractivity contribution in [3.05, 3.63) is 35.4 Å². The van der Waals surface area contributed by atoms with Crippen molar-refractivity contribution in [1.29, 1.82) is 0 Å². The first-order chi connectivity index (χ1) is 11.1. The summed E-state index contributed by atoms with van der Waals surface area (Å²) in [5, 5.41) is 2.96. The van der Waals surface area contributed by atoms with E-state index in [1.54, 1.807) is 4.90 Å². The van der Waals surface area contributed by atoms with E-state index in [0.29, 0.717) is 39.1 Å². The molecule has 0 bridgehead atoms. The summed E-state index contributed by atoms with van der Waals surface area (Å²) in [5.74, 6) is -0.196. The number of carbonyl (C=O) groups excluding carboxylic acids is 2. The van der Waals surface area contributed by atoms with E-state index in [4.69, 9.17) is 4.74 Å². The second-order valence-corrected chi connectivity index (χ2v) is 5.98. The number of nitrogens with one attached hydrogen (secondary N) is 1. The van der Waals surface area contributed by atoms with E-state index in [9.17, 15) is 9.59 Å². The Morgan fingerprint density at radius 1 is 1.22 bits per heavy atom. The number of piperidine rings is 1. The van der Waals surface area contributed by atoms with Crippen molar-refractivity contribution in [2.24, 2.45) is 5.92 Å². The van der Waals surface area contributed by atoms with Gasteiger partial charge in [-0.15, -0.1) is 0 Å². The predicted octanol–water partition coefficient (Wildman–Crippen LogP) is 2.52. The molecular weight excluding hydrogens is 292 g/mol. The lowest BCUT2D eigenvalue weighted by atomic mass is 9.97. The number of nitrogens with zero attached hydrogens (tertiary/aromatic N) is 1. The van der Waals surface area contributed by atoms with Gasteiger partial charge >= 0.3 is 12.0 Å². The summed E-state index contributed by atoms with van der Waals surface area (Å²) < 4.78 is 5.04. The molecule has 126 valence electrons. The number of aryl methyl sites for hydroxylation is 1. The quantitative estimate of drug-likeness (QED) is 0.849. The first kappa shape index (κ1) is 17.3. The number of urea groups is 1. The van der Waals surface area contributed by atoms with Crippen molar-refractivity contribution in [1.82, 2.24) is 10.2 Å².